The van der Waals surface area contributed by atoms with Crippen molar-refractivity contribution in [1.82, 2.24) is 4.98 Å². The summed E-state index contributed by atoms with van der Waals surface area (Å²) in [5.74, 6) is 0. The fraction of sp³-hybridized carbons (Fsp3) is 0.167. The lowest BCUT2D eigenvalue weighted by Crippen LogP contribution is -1.98. The molecule has 0 aliphatic rings. The summed E-state index contributed by atoms with van der Waals surface area (Å²) in [6.07, 6.45) is 3.88. The van der Waals surface area contributed by atoms with Crippen LogP contribution in [0.5, 0.6) is 0 Å². The fourth-order valence-corrected chi connectivity index (χ4v) is 1.40. The number of aliphatic hydroxyl groups is 1. The number of hydrogen-bond donors (Lipinski definition) is 3. The van der Waals surface area contributed by atoms with Gasteiger partial charge in [-0.25, -0.2) is 0 Å². The van der Waals surface area contributed by atoms with Crippen LogP contribution in [0.2, 0.25) is 0 Å². The molecule has 3 nitrogen and oxygen atoms in total. The monoisotopic (exact) mass is 202 g/mol. The molecule has 2 aromatic rings. The number of hydrogen-bond acceptors (Lipinski definition) is 2. The number of aliphatic hydroxyl groups excluding tert-OH is 1. The first-order valence-corrected chi connectivity index (χ1v) is 4.94. The maximum atomic E-state index is 8.88. The zero-order valence-corrected chi connectivity index (χ0v) is 8.40. The van der Waals surface area contributed by atoms with Gasteiger partial charge >= 0.3 is 0 Å². The molecule has 3 N–H and O–H groups in total. The highest BCUT2D eigenvalue weighted by molar-refractivity contribution is 5.44. The topological polar surface area (TPSA) is 48.0 Å². The first-order valence-electron chi connectivity index (χ1n) is 4.94. The van der Waals surface area contributed by atoms with Crippen LogP contribution in [0.4, 0.5) is 5.69 Å². The van der Waals surface area contributed by atoms with Crippen LogP contribution in [0.15, 0.2) is 42.7 Å². The average molecular weight is 202 g/mol. The lowest BCUT2D eigenvalue weighted by atomic mass is 10.2. The quantitative estimate of drug-likeness (QED) is 0.711. The summed E-state index contributed by atoms with van der Waals surface area (Å²) in [7, 11) is 0. The summed E-state index contributed by atoms with van der Waals surface area (Å²) >= 11 is 0. The third-order valence-electron chi connectivity index (χ3n) is 2.30. The molecule has 0 bridgehead atoms. The minimum absolute atomic E-state index is 0.0953. The van der Waals surface area contributed by atoms with Crippen LogP contribution >= 0.6 is 0 Å². The molecule has 0 saturated heterocycles. The van der Waals surface area contributed by atoms with Gasteiger partial charge in [0, 0.05) is 24.6 Å². The van der Waals surface area contributed by atoms with Crippen molar-refractivity contribution in [2.45, 2.75) is 13.2 Å². The van der Waals surface area contributed by atoms with Crippen molar-refractivity contribution in [1.29, 1.82) is 0 Å². The van der Waals surface area contributed by atoms with Crippen molar-refractivity contribution >= 4 is 5.69 Å². The SMILES string of the molecule is OCc1ccc(NCc2cc[nH]c2)cc1. The summed E-state index contributed by atoms with van der Waals surface area (Å²) < 4.78 is 0. The smallest absolute Gasteiger partial charge is 0.0681 e. The highest BCUT2D eigenvalue weighted by atomic mass is 16.3. The lowest BCUT2D eigenvalue weighted by molar-refractivity contribution is 0.282. The van der Waals surface area contributed by atoms with Gasteiger partial charge in [0.1, 0.15) is 0 Å². The molecule has 2 rings (SSSR count). The molecule has 0 fully saturated rings. The van der Waals surface area contributed by atoms with E-state index >= 15 is 0 Å². The molecule has 0 amide bonds. The van der Waals surface area contributed by atoms with E-state index in [2.05, 4.69) is 10.3 Å². The largest absolute Gasteiger partial charge is 0.392 e. The average Bonchev–Trinajstić information content (AvgIpc) is 2.80. The van der Waals surface area contributed by atoms with Gasteiger partial charge in [-0.2, -0.15) is 0 Å². The molecule has 0 unspecified atom stereocenters. The molecule has 1 aromatic carbocycles. The zero-order chi connectivity index (χ0) is 10.5. The highest BCUT2D eigenvalue weighted by Gasteiger charge is 1.94. The van der Waals surface area contributed by atoms with Crippen molar-refractivity contribution < 1.29 is 5.11 Å². The molecule has 3 heteroatoms. The Morgan fingerprint density at radius 2 is 1.87 bits per heavy atom. The standard InChI is InChI=1S/C12H14N2O/c15-9-10-1-3-12(4-2-10)14-8-11-5-6-13-7-11/h1-7,13-15H,8-9H2. The van der Waals surface area contributed by atoms with Gasteiger partial charge in [0.15, 0.2) is 0 Å². The van der Waals surface area contributed by atoms with Gasteiger partial charge in [0.25, 0.3) is 0 Å². The van der Waals surface area contributed by atoms with E-state index in [9.17, 15) is 0 Å². The van der Waals surface area contributed by atoms with Crippen molar-refractivity contribution in [2.24, 2.45) is 0 Å². The van der Waals surface area contributed by atoms with E-state index in [1.807, 2.05) is 42.7 Å². The van der Waals surface area contributed by atoms with Crippen LogP contribution in [0, 0.1) is 0 Å². The third kappa shape index (κ3) is 2.60. The Morgan fingerprint density at radius 3 is 2.47 bits per heavy atom. The van der Waals surface area contributed by atoms with Crippen molar-refractivity contribution in [2.75, 3.05) is 5.32 Å². The molecule has 1 aromatic heterocycles. The number of aromatic amines is 1. The molecule has 15 heavy (non-hydrogen) atoms. The Balaban J connectivity index is 1.93. The molecule has 0 spiro atoms. The van der Waals surface area contributed by atoms with Gasteiger partial charge in [-0.05, 0) is 29.3 Å². The Labute approximate surface area is 88.8 Å². The summed E-state index contributed by atoms with van der Waals surface area (Å²) in [4.78, 5) is 3.01. The summed E-state index contributed by atoms with van der Waals surface area (Å²) in [5, 5.41) is 12.2. The van der Waals surface area contributed by atoms with Gasteiger partial charge in [-0.1, -0.05) is 12.1 Å². The molecule has 0 radical (unpaired) electrons. The Bertz CT molecular complexity index is 392. The van der Waals surface area contributed by atoms with Crippen LogP contribution in [-0.2, 0) is 13.2 Å². The molecular weight excluding hydrogens is 188 g/mol. The first-order chi connectivity index (χ1) is 7.38. The molecule has 0 aliphatic heterocycles. The normalized spacial score (nSPS) is 10.2. The molecule has 0 atom stereocenters. The van der Waals surface area contributed by atoms with E-state index in [0.29, 0.717) is 0 Å². The lowest BCUT2D eigenvalue weighted by Gasteiger charge is -2.05. The number of H-pyrrole nitrogens is 1. The Hall–Kier alpha value is -1.74. The number of benzene rings is 1. The maximum absolute atomic E-state index is 8.88. The van der Waals surface area contributed by atoms with E-state index in [1.165, 1.54) is 5.56 Å². The van der Waals surface area contributed by atoms with Crippen LogP contribution in [0.3, 0.4) is 0 Å². The van der Waals surface area contributed by atoms with E-state index in [-0.39, 0.29) is 6.61 Å². The molecule has 78 valence electrons. The molecular formula is C12H14N2O. The fourth-order valence-electron chi connectivity index (χ4n) is 1.40. The van der Waals surface area contributed by atoms with E-state index in [0.717, 1.165) is 17.8 Å². The Morgan fingerprint density at radius 1 is 1.07 bits per heavy atom. The van der Waals surface area contributed by atoms with Crippen LogP contribution in [0.25, 0.3) is 0 Å². The minimum Gasteiger partial charge on any atom is -0.392 e. The van der Waals surface area contributed by atoms with Crippen molar-refractivity contribution in [3.8, 4) is 0 Å². The third-order valence-corrected chi connectivity index (χ3v) is 2.30. The number of nitrogens with one attached hydrogen (secondary N) is 2. The van der Waals surface area contributed by atoms with Crippen LogP contribution in [-0.4, -0.2) is 10.1 Å². The zero-order valence-electron chi connectivity index (χ0n) is 8.40. The first kappa shape index (κ1) is 9.80. The van der Waals surface area contributed by atoms with E-state index < -0.39 is 0 Å². The van der Waals surface area contributed by atoms with Crippen molar-refractivity contribution in [3.05, 3.63) is 53.9 Å². The summed E-state index contributed by atoms with van der Waals surface area (Å²) in [6, 6.07) is 9.81. The second kappa shape index (κ2) is 4.66. The number of aromatic nitrogens is 1. The molecule has 0 aliphatic carbocycles. The van der Waals surface area contributed by atoms with Gasteiger partial charge in [-0.3, -0.25) is 0 Å². The number of anilines is 1. The minimum atomic E-state index is 0.0953. The summed E-state index contributed by atoms with van der Waals surface area (Å²) in [5.41, 5.74) is 3.22. The van der Waals surface area contributed by atoms with Gasteiger partial charge in [-0.15, -0.1) is 0 Å². The molecule has 1 heterocycles. The van der Waals surface area contributed by atoms with Gasteiger partial charge < -0.3 is 15.4 Å². The second-order valence-electron chi connectivity index (χ2n) is 3.43. The predicted octanol–water partition coefficient (Wildman–Crippen LogP) is 2.12. The number of rotatable bonds is 4. The predicted molar refractivity (Wildman–Crippen MR) is 60.5 cm³/mol. The molecule has 0 saturated carbocycles. The Kier molecular flexibility index (Phi) is 3.05. The highest BCUT2D eigenvalue weighted by Crippen LogP contribution is 2.10. The van der Waals surface area contributed by atoms with Gasteiger partial charge in [0.2, 0.25) is 0 Å². The van der Waals surface area contributed by atoms with E-state index in [1.54, 1.807) is 0 Å². The van der Waals surface area contributed by atoms with Crippen LogP contribution < -0.4 is 5.32 Å². The maximum Gasteiger partial charge on any atom is 0.0681 e. The second-order valence-corrected chi connectivity index (χ2v) is 3.43. The summed E-state index contributed by atoms with van der Waals surface area (Å²) in [6.45, 7) is 0.903. The van der Waals surface area contributed by atoms with Gasteiger partial charge in [0.05, 0.1) is 6.61 Å². The van der Waals surface area contributed by atoms with E-state index in [4.69, 9.17) is 5.11 Å². The van der Waals surface area contributed by atoms with Crippen LogP contribution in [0.1, 0.15) is 11.1 Å². The van der Waals surface area contributed by atoms with Crippen molar-refractivity contribution in [3.63, 3.8) is 0 Å².